The number of carbonyl (C=O) groups excluding carboxylic acids is 1. The second-order valence-corrected chi connectivity index (χ2v) is 5.87. The van der Waals surface area contributed by atoms with Gasteiger partial charge in [-0.3, -0.25) is 4.79 Å². The maximum absolute atomic E-state index is 13.0. The Morgan fingerprint density at radius 3 is 2.60 bits per heavy atom. The minimum atomic E-state index is -1.53. The summed E-state index contributed by atoms with van der Waals surface area (Å²) in [5.41, 5.74) is 0.394. The Kier molecular flexibility index (Phi) is 4.80. The third-order valence-corrected chi connectivity index (χ3v) is 3.76. The van der Waals surface area contributed by atoms with Crippen LogP contribution in [-0.4, -0.2) is 11.5 Å². The fourth-order valence-corrected chi connectivity index (χ4v) is 2.62. The molecule has 82 valence electrons. The second-order valence-electron chi connectivity index (χ2n) is 3.39. The van der Waals surface area contributed by atoms with Gasteiger partial charge >= 0.3 is 0 Å². The third-order valence-electron chi connectivity index (χ3n) is 1.76. The molecule has 0 amide bonds. The largest absolute Gasteiger partial charge is 0.300 e. The average Bonchev–Trinajstić information content (AvgIpc) is 2.19. The maximum Gasteiger partial charge on any atom is 0.180 e. The Balaban J connectivity index is 2.92. The molecule has 1 aromatic carbocycles. The first-order valence-corrected chi connectivity index (χ1v) is 6.27. The van der Waals surface area contributed by atoms with Crippen molar-refractivity contribution < 1.29 is 9.18 Å². The van der Waals surface area contributed by atoms with E-state index in [0.29, 0.717) is 17.1 Å². The number of alkyl halides is 1. The van der Waals surface area contributed by atoms with Crippen molar-refractivity contribution >= 4 is 34.0 Å². The lowest BCUT2D eigenvalue weighted by Crippen LogP contribution is -1.94. The molecule has 1 atom stereocenters. The van der Waals surface area contributed by atoms with Gasteiger partial charge in [0.05, 0.1) is 0 Å². The van der Waals surface area contributed by atoms with Gasteiger partial charge in [0.25, 0.3) is 0 Å². The van der Waals surface area contributed by atoms with E-state index in [2.05, 4.69) is 29.8 Å². The number of carbonyl (C=O) groups is 1. The van der Waals surface area contributed by atoms with Crippen LogP contribution >= 0.6 is 27.7 Å². The third kappa shape index (κ3) is 3.61. The molecule has 0 spiro atoms. The van der Waals surface area contributed by atoms with E-state index in [9.17, 15) is 9.18 Å². The standard InChI is InChI=1S/C11H12BrFOS/c1-7(2)15-11-4-3-8(5-9(11)12)10(13)6-14/h3-7,10H,1-2H3. The lowest BCUT2D eigenvalue weighted by molar-refractivity contribution is -0.112. The first-order chi connectivity index (χ1) is 7.04. The summed E-state index contributed by atoms with van der Waals surface area (Å²) in [5.74, 6) is 0. The van der Waals surface area contributed by atoms with Gasteiger partial charge in [0.15, 0.2) is 12.5 Å². The summed E-state index contributed by atoms with van der Waals surface area (Å²) >= 11 is 5.07. The quantitative estimate of drug-likeness (QED) is 0.612. The SMILES string of the molecule is CC(C)Sc1ccc(C(F)C=O)cc1Br. The normalized spacial score (nSPS) is 12.9. The molecule has 1 unspecified atom stereocenters. The lowest BCUT2D eigenvalue weighted by Gasteiger charge is -2.09. The molecule has 4 heteroatoms. The summed E-state index contributed by atoms with van der Waals surface area (Å²) < 4.78 is 13.9. The maximum atomic E-state index is 13.0. The fourth-order valence-electron chi connectivity index (χ4n) is 1.12. The van der Waals surface area contributed by atoms with Gasteiger partial charge in [-0.1, -0.05) is 19.9 Å². The van der Waals surface area contributed by atoms with Crippen LogP contribution in [0.25, 0.3) is 0 Å². The number of halogens is 2. The first kappa shape index (κ1) is 12.7. The second kappa shape index (κ2) is 5.66. The van der Waals surface area contributed by atoms with E-state index in [1.54, 1.807) is 23.9 Å². The number of hydrogen-bond donors (Lipinski definition) is 0. The number of rotatable bonds is 4. The lowest BCUT2D eigenvalue weighted by atomic mass is 10.1. The molecule has 0 radical (unpaired) electrons. The number of thioether (sulfide) groups is 1. The number of aldehydes is 1. The topological polar surface area (TPSA) is 17.1 Å². The minimum Gasteiger partial charge on any atom is -0.300 e. The van der Waals surface area contributed by atoms with E-state index in [1.165, 1.54) is 0 Å². The Hall–Kier alpha value is -0.350. The molecule has 0 heterocycles. The van der Waals surface area contributed by atoms with Gasteiger partial charge in [-0.15, -0.1) is 11.8 Å². The molecular formula is C11H12BrFOS. The van der Waals surface area contributed by atoms with E-state index < -0.39 is 6.17 Å². The van der Waals surface area contributed by atoms with Crippen LogP contribution in [-0.2, 0) is 4.79 Å². The van der Waals surface area contributed by atoms with Crippen molar-refractivity contribution in [3.8, 4) is 0 Å². The van der Waals surface area contributed by atoms with E-state index >= 15 is 0 Å². The van der Waals surface area contributed by atoms with Crippen molar-refractivity contribution in [3.63, 3.8) is 0 Å². The molecule has 1 nitrogen and oxygen atoms in total. The van der Waals surface area contributed by atoms with E-state index in [-0.39, 0.29) is 0 Å². The summed E-state index contributed by atoms with van der Waals surface area (Å²) in [7, 11) is 0. The summed E-state index contributed by atoms with van der Waals surface area (Å²) in [6.07, 6.45) is -1.23. The van der Waals surface area contributed by atoms with E-state index in [0.717, 1.165) is 9.37 Å². The van der Waals surface area contributed by atoms with Crippen LogP contribution in [0.2, 0.25) is 0 Å². The molecule has 0 bridgehead atoms. The predicted octanol–water partition coefficient (Wildman–Crippen LogP) is 4.16. The van der Waals surface area contributed by atoms with Crippen molar-refractivity contribution in [1.82, 2.24) is 0 Å². The Morgan fingerprint density at radius 1 is 1.47 bits per heavy atom. The zero-order chi connectivity index (χ0) is 11.4. The molecule has 1 rings (SSSR count). The smallest absolute Gasteiger partial charge is 0.180 e. The molecule has 0 saturated carbocycles. The molecule has 0 aliphatic carbocycles. The Bertz CT molecular complexity index is 354. The predicted molar refractivity (Wildman–Crippen MR) is 65.0 cm³/mol. The Morgan fingerprint density at radius 2 is 2.13 bits per heavy atom. The molecule has 1 aromatic rings. The van der Waals surface area contributed by atoms with Crippen LogP contribution in [0.4, 0.5) is 4.39 Å². The molecular weight excluding hydrogens is 279 g/mol. The van der Waals surface area contributed by atoms with Gasteiger partial charge < -0.3 is 0 Å². The summed E-state index contributed by atoms with van der Waals surface area (Å²) in [4.78, 5) is 11.3. The molecule has 0 fully saturated rings. The van der Waals surface area contributed by atoms with Crippen LogP contribution in [0.3, 0.4) is 0 Å². The van der Waals surface area contributed by atoms with Crippen LogP contribution < -0.4 is 0 Å². The van der Waals surface area contributed by atoms with Crippen molar-refractivity contribution in [2.75, 3.05) is 0 Å². The van der Waals surface area contributed by atoms with Crippen LogP contribution in [0.15, 0.2) is 27.6 Å². The molecule has 15 heavy (non-hydrogen) atoms. The monoisotopic (exact) mass is 290 g/mol. The molecule has 0 N–H and O–H groups in total. The first-order valence-electron chi connectivity index (χ1n) is 4.60. The molecule has 0 aromatic heterocycles. The average molecular weight is 291 g/mol. The molecule has 0 saturated heterocycles. The fraction of sp³-hybridized carbons (Fsp3) is 0.364. The molecule has 0 aliphatic heterocycles. The van der Waals surface area contributed by atoms with Crippen LogP contribution in [0.5, 0.6) is 0 Å². The highest BCUT2D eigenvalue weighted by Crippen LogP contribution is 2.32. The zero-order valence-electron chi connectivity index (χ0n) is 8.54. The number of benzene rings is 1. The van der Waals surface area contributed by atoms with Gasteiger partial charge in [0.1, 0.15) is 0 Å². The highest BCUT2D eigenvalue weighted by molar-refractivity contribution is 9.10. The van der Waals surface area contributed by atoms with Gasteiger partial charge in [-0.25, -0.2) is 4.39 Å². The van der Waals surface area contributed by atoms with Crippen molar-refractivity contribution in [2.45, 2.75) is 30.2 Å². The minimum absolute atomic E-state index is 0.303. The Labute approximate surface area is 102 Å². The van der Waals surface area contributed by atoms with Crippen molar-refractivity contribution in [3.05, 3.63) is 28.2 Å². The van der Waals surface area contributed by atoms with Gasteiger partial charge in [-0.2, -0.15) is 0 Å². The number of hydrogen-bond acceptors (Lipinski definition) is 2. The van der Waals surface area contributed by atoms with Crippen LogP contribution in [0, 0.1) is 0 Å². The van der Waals surface area contributed by atoms with Crippen LogP contribution in [0.1, 0.15) is 25.6 Å². The van der Waals surface area contributed by atoms with E-state index in [4.69, 9.17) is 0 Å². The van der Waals surface area contributed by atoms with Gasteiger partial charge in [0.2, 0.25) is 0 Å². The van der Waals surface area contributed by atoms with Crippen molar-refractivity contribution in [1.29, 1.82) is 0 Å². The summed E-state index contributed by atoms with van der Waals surface area (Å²) in [6.45, 7) is 4.18. The van der Waals surface area contributed by atoms with E-state index in [1.807, 2.05) is 6.07 Å². The highest BCUT2D eigenvalue weighted by Gasteiger charge is 2.10. The van der Waals surface area contributed by atoms with Gasteiger partial charge in [-0.05, 0) is 33.6 Å². The zero-order valence-corrected chi connectivity index (χ0v) is 10.9. The summed E-state index contributed by atoms with van der Waals surface area (Å²) in [5, 5.41) is 0.472. The van der Waals surface area contributed by atoms with Gasteiger partial charge in [0, 0.05) is 14.6 Å². The molecule has 0 aliphatic rings. The van der Waals surface area contributed by atoms with Crippen molar-refractivity contribution in [2.24, 2.45) is 0 Å². The summed E-state index contributed by atoms with van der Waals surface area (Å²) in [6, 6.07) is 5.14. The highest BCUT2D eigenvalue weighted by atomic mass is 79.9.